The number of benzene rings is 2. The van der Waals surface area contributed by atoms with Crippen molar-refractivity contribution in [2.45, 2.75) is 6.42 Å². The van der Waals surface area contributed by atoms with Crippen LogP contribution >= 0.6 is 0 Å². The van der Waals surface area contributed by atoms with E-state index in [0.29, 0.717) is 30.3 Å². The minimum absolute atomic E-state index is 0.0359. The van der Waals surface area contributed by atoms with E-state index < -0.39 is 17.6 Å². The van der Waals surface area contributed by atoms with Crippen molar-refractivity contribution in [2.24, 2.45) is 0 Å². The lowest BCUT2D eigenvalue weighted by Gasteiger charge is -2.18. The third-order valence-electron chi connectivity index (χ3n) is 3.41. The molecule has 0 unspecified atom stereocenters. The van der Waals surface area contributed by atoms with Gasteiger partial charge in [0, 0.05) is 0 Å². The number of halogens is 1. The van der Waals surface area contributed by atoms with Crippen LogP contribution in [0, 0.1) is 5.82 Å². The number of nitrogens with one attached hydrogen (secondary N) is 2. The summed E-state index contributed by atoms with van der Waals surface area (Å²) in [4.78, 5) is 23.7. The summed E-state index contributed by atoms with van der Waals surface area (Å²) in [5.41, 5.74) is 5.01. The number of hydrazine groups is 1. The molecular weight excluding hydrogens is 315 g/mol. The molecule has 6 nitrogen and oxygen atoms in total. The van der Waals surface area contributed by atoms with Crippen LogP contribution in [-0.4, -0.2) is 25.0 Å². The van der Waals surface area contributed by atoms with Crippen molar-refractivity contribution in [3.8, 4) is 11.5 Å². The van der Waals surface area contributed by atoms with Crippen LogP contribution < -0.4 is 20.3 Å². The van der Waals surface area contributed by atoms with Gasteiger partial charge in [0.25, 0.3) is 5.91 Å². The fraction of sp³-hybridized carbons (Fsp3) is 0.176. The Labute approximate surface area is 137 Å². The Balaban J connectivity index is 1.56. The Morgan fingerprint density at radius 1 is 1.00 bits per heavy atom. The van der Waals surface area contributed by atoms with Crippen molar-refractivity contribution in [2.75, 3.05) is 13.2 Å². The summed E-state index contributed by atoms with van der Waals surface area (Å²) in [5.74, 6) is -0.587. The molecule has 0 aromatic heterocycles. The van der Waals surface area contributed by atoms with Gasteiger partial charge in [0.05, 0.1) is 12.0 Å². The van der Waals surface area contributed by atoms with E-state index in [1.54, 1.807) is 18.2 Å². The molecule has 2 N–H and O–H groups in total. The van der Waals surface area contributed by atoms with Gasteiger partial charge in [-0.1, -0.05) is 18.2 Å². The fourth-order valence-corrected chi connectivity index (χ4v) is 2.27. The van der Waals surface area contributed by atoms with Crippen molar-refractivity contribution in [1.82, 2.24) is 10.9 Å². The molecular formula is C17H15FN2O4. The van der Waals surface area contributed by atoms with E-state index in [2.05, 4.69) is 10.9 Å². The smallest absolute Gasteiger partial charge is 0.272 e. The third-order valence-corrected chi connectivity index (χ3v) is 3.41. The molecule has 0 fully saturated rings. The Hall–Kier alpha value is -3.09. The number of rotatable bonds is 3. The minimum atomic E-state index is -0.719. The standard InChI is InChI=1S/C17H15FN2O4/c18-13-4-2-1-3-12(13)17(22)20-19-16(21)10-11-5-6-14-15(9-11)24-8-7-23-14/h1-6,9H,7-8,10H2,(H,19,21)(H,20,22). The van der Waals surface area contributed by atoms with Crippen LogP contribution in [0.15, 0.2) is 42.5 Å². The van der Waals surface area contributed by atoms with Gasteiger partial charge in [-0.15, -0.1) is 0 Å². The van der Waals surface area contributed by atoms with E-state index in [1.165, 1.54) is 24.3 Å². The molecule has 2 aromatic carbocycles. The van der Waals surface area contributed by atoms with E-state index >= 15 is 0 Å². The van der Waals surface area contributed by atoms with Crippen molar-refractivity contribution in [3.05, 3.63) is 59.4 Å². The zero-order chi connectivity index (χ0) is 16.9. The molecule has 2 aromatic rings. The first-order valence-electron chi connectivity index (χ1n) is 7.36. The molecule has 1 heterocycles. The molecule has 24 heavy (non-hydrogen) atoms. The summed E-state index contributed by atoms with van der Waals surface area (Å²) < 4.78 is 24.3. The number of fused-ring (bicyclic) bond motifs is 1. The molecule has 0 saturated heterocycles. The highest BCUT2D eigenvalue weighted by Gasteiger charge is 2.14. The quantitative estimate of drug-likeness (QED) is 0.838. The largest absolute Gasteiger partial charge is 0.486 e. The van der Waals surface area contributed by atoms with Gasteiger partial charge in [-0.05, 0) is 29.8 Å². The molecule has 0 spiro atoms. The molecule has 0 saturated carbocycles. The molecule has 0 atom stereocenters. The first kappa shape index (κ1) is 15.8. The molecule has 0 aliphatic carbocycles. The van der Waals surface area contributed by atoms with Crippen molar-refractivity contribution >= 4 is 11.8 Å². The lowest BCUT2D eigenvalue weighted by molar-refractivity contribution is -0.121. The molecule has 1 aliphatic rings. The normalized spacial score (nSPS) is 12.4. The van der Waals surface area contributed by atoms with Gasteiger partial charge in [0.2, 0.25) is 5.91 Å². The molecule has 1 aliphatic heterocycles. The van der Waals surface area contributed by atoms with E-state index in [4.69, 9.17) is 9.47 Å². The second-order valence-electron chi connectivity index (χ2n) is 5.14. The molecule has 2 amide bonds. The number of amides is 2. The van der Waals surface area contributed by atoms with E-state index in [9.17, 15) is 14.0 Å². The highest BCUT2D eigenvalue weighted by Crippen LogP contribution is 2.30. The van der Waals surface area contributed by atoms with Crippen LogP contribution in [0.4, 0.5) is 4.39 Å². The predicted molar refractivity (Wildman–Crippen MR) is 83.1 cm³/mol. The van der Waals surface area contributed by atoms with E-state index in [1.807, 2.05) is 0 Å². The van der Waals surface area contributed by atoms with E-state index in [-0.39, 0.29) is 12.0 Å². The lowest BCUT2D eigenvalue weighted by atomic mass is 10.1. The maximum atomic E-state index is 13.5. The molecule has 7 heteroatoms. The predicted octanol–water partition coefficient (Wildman–Crippen LogP) is 1.60. The van der Waals surface area contributed by atoms with Crippen molar-refractivity contribution < 1.29 is 23.5 Å². The number of carbonyl (C=O) groups is 2. The number of hydrogen-bond acceptors (Lipinski definition) is 4. The van der Waals surface area contributed by atoms with Crippen LogP contribution in [0.3, 0.4) is 0 Å². The Kier molecular flexibility index (Phi) is 4.60. The van der Waals surface area contributed by atoms with Gasteiger partial charge < -0.3 is 9.47 Å². The summed E-state index contributed by atoms with van der Waals surface area (Å²) in [7, 11) is 0. The van der Waals surface area contributed by atoms with Gasteiger partial charge >= 0.3 is 0 Å². The third kappa shape index (κ3) is 3.62. The Morgan fingerprint density at radius 2 is 1.75 bits per heavy atom. The highest BCUT2D eigenvalue weighted by molar-refractivity contribution is 5.95. The molecule has 124 valence electrons. The average Bonchev–Trinajstić information content (AvgIpc) is 2.60. The second kappa shape index (κ2) is 6.99. The summed E-state index contributed by atoms with van der Waals surface area (Å²) in [6, 6.07) is 10.7. The average molecular weight is 330 g/mol. The zero-order valence-corrected chi connectivity index (χ0v) is 12.7. The van der Waals surface area contributed by atoms with Gasteiger partial charge in [-0.3, -0.25) is 20.4 Å². The maximum Gasteiger partial charge on any atom is 0.272 e. The van der Waals surface area contributed by atoms with E-state index in [0.717, 1.165) is 0 Å². The van der Waals surface area contributed by atoms with Crippen molar-refractivity contribution in [1.29, 1.82) is 0 Å². The number of ether oxygens (including phenoxy) is 2. The zero-order valence-electron chi connectivity index (χ0n) is 12.7. The highest BCUT2D eigenvalue weighted by atomic mass is 19.1. The molecule has 0 radical (unpaired) electrons. The minimum Gasteiger partial charge on any atom is -0.486 e. The van der Waals surface area contributed by atoms with Crippen LogP contribution in [-0.2, 0) is 11.2 Å². The van der Waals surface area contributed by atoms with Crippen LogP contribution in [0.5, 0.6) is 11.5 Å². The number of carbonyl (C=O) groups excluding carboxylic acids is 2. The lowest BCUT2D eigenvalue weighted by Crippen LogP contribution is -2.42. The van der Waals surface area contributed by atoms with Crippen LogP contribution in [0.1, 0.15) is 15.9 Å². The summed E-state index contributed by atoms with van der Waals surface area (Å²) in [6.07, 6.45) is 0.0359. The van der Waals surface area contributed by atoms with Gasteiger partial charge in [-0.25, -0.2) is 4.39 Å². The monoisotopic (exact) mass is 330 g/mol. The maximum absolute atomic E-state index is 13.5. The first-order chi connectivity index (χ1) is 11.6. The summed E-state index contributed by atoms with van der Waals surface area (Å²) >= 11 is 0. The Bertz CT molecular complexity index is 779. The summed E-state index contributed by atoms with van der Waals surface area (Å²) in [5, 5.41) is 0. The van der Waals surface area contributed by atoms with Gasteiger partial charge in [0.15, 0.2) is 11.5 Å². The second-order valence-corrected chi connectivity index (χ2v) is 5.14. The van der Waals surface area contributed by atoms with Gasteiger partial charge in [0.1, 0.15) is 19.0 Å². The van der Waals surface area contributed by atoms with Crippen molar-refractivity contribution in [3.63, 3.8) is 0 Å². The van der Waals surface area contributed by atoms with Gasteiger partial charge in [-0.2, -0.15) is 0 Å². The molecule has 3 rings (SSSR count). The topological polar surface area (TPSA) is 76.7 Å². The molecule has 0 bridgehead atoms. The SMILES string of the molecule is O=C(Cc1ccc2c(c1)OCCO2)NNC(=O)c1ccccc1F. The number of hydrogen-bond donors (Lipinski definition) is 2. The van der Waals surface area contributed by atoms with Crippen LogP contribution in [0.25, 0.3) is 0 Å². The first-order valence-corrected chi connectivity index (χ1v) is 7.36. The van der Waals surface area contributed by atoms with Crippen LogP contribution in [0.2, 0.25) is 0 Å². The summed E-state index contributed by atoms with van der Waals surface area (Å²) in [6.45, 7) is 0.955. The fourth-order valence-electron chi connectivity index (χ4n) is 2.27. The Morgan fingerprint density at radius 3 is 2.54 bits per heavy atom.